The summed E-state index contributed by atoms with van der Waals surface area (Å²) in [7, 11) is 0. The fourth-order valence-corrected chi connectivity index (χ4v) is 7.07. The van der Waals surface area contributed by atoms with Gasteiger partial charge in [-0.15, -0.1) is 0 Å². The van der Waals surface area contributed by atoms with Crippen LogP contribution in [0.4, 0.5) is 0 Å². The Bertz CT molecular complexity index is 2370. The van der Waals surface area contributed by atoms with Crippen molar-refractivity contribution in [1.82, 2.24) is 0 Å². The van der Waals surface area contributed by atoms with Crippen molar-refractivity contribution >= 4 is 49.6 Å². The smallest absolute Gasteiger partial charge is 0.135 e. The first-order valence-corrected chi connectivity index (χ1v) is 15.1. The minimum Gasteiger partial charge on any atom is -0.456 e. The fourth-order valence-electron chi connectivity index (χ4n) is 7.07. The summed E-state index contributed by atoms with van der Waals surface area (Å²) in [5.74, 6) is 0. The van der Waals surface area contributed by atoms with Gasteiger partial charge in [-0.1, -0.05) is 115 Å². The molecule has 0 unspecified atom stereocenters. The van der Waals surface area contributed by atoms with E-state index in [-0.39, 0.29) is 0 Å². The van der Waals surface area contributed by atoms with Gasteiger partial charge in [0.1, 0.15) is 11.2 Å². The Kier molecular flexibility index (Phi) is 5.39. The lowest BCUT2D eigenvalue weighted by Gasteiger charge is -2.19. The van der Waals surface area contributed by atoms with Gasteiger partial charge >= 0.3 is 0 Å². The number of benzene rings is 7. The zero-order chi connectivity index (χ0) is 28.3. The monoisotopic (exact) mass is 548 g/mol. The molecule has 1 nitrogen and oxygen atoms in total. The lowest BCUT2D eigenvalue weighted by atomic mass is 9.84. The Morgan fingerprint density at radius 1 is 0.419 bits per heavy atom. The first-order chi connectivity index (χ1) is 21.3. The van der Waals surface area contributed by atoms with Gasteiger partial charge in [-0.3, -0.25) is 0 Å². The Balaban J connectivity index is 1.39. The Hall–Kier alpha value is -5.40. The molecule has 0 fully saturated rings. The molecule has 7 aromatic carbocycles. The number of furan rings is 1. The molecular formula is C42H28O. The van der Waals surface area contributed by atoms with Gasteiger partial charge in [0, 0.05) is 10.8 Å². The van der Waals surface area contributed by atoms with Crippen LogP contribution in [0.25, 0.3) is 82.9 Å². The first-order valence-electron chi connectivity index (χ1n) is 15.1. The van der Waals surface area contributed by atoms with Crippen molar-refractivity contribution in [3.8, 4) is 33.4 Å². The largest absolute Gasteiger partial charge is 0.456 e. The van der Waals surface area contributed by atoms with Crippen LogP contribution in [0, 0.1) is 0 Å². The molecule has 0 radical (unpaired) electrons. The summed E-state index contributed by atoms with van der Waals surface area (Å²) in [5.41, 5.74) is 12.0. The van der Waals surface area contributed by atoms with Gasteiger partial charge in [-0.2, -0.15) is 0 Å². The average molecular weight is 549 g/mol. The van der Waals surface area contributed by atoms with E-state index < -0.39 is 0 Å². The summed E-state index contributed by atoms with van der Waals surface area (Å²) in [6.07, 6.45) is 6.70. The molecule has 1 aliphatic carbocycles. The lowest BCUT2D eigenvalue weighted by Crippen LogP contribution is -1.93. The molecule has 0 spiro atoms. The molecule has 1 heterocycles. The third-order valence-electron chi connectivity index (χ3n) is 9.09. The van der Waals surface area contributed by atoms with E-state index in [2.05, 4.69) is 146 Å². The number of hydrogen-bond acceptors (Lipinski definition) is 1. The van der Waals surface area contributed by atoms with E-state index in [0.29, 0.717) is 0 Å². The third kappa shape index (κ3) is 3.86. The van der Waals surface area contributed by atoms with Crippen molar-refractivity contribution in [3.05, 3.63) is 151 Å². The minimum absolute atomic E-state index is 0.935. The van der Waals surface area contributed by atoms with Crippen LogP contribution in [0.2, 0.25) is 0 Å². The first kappa shape index (κ1) is 24.2. The van der Waals surface area contributed by atoms with E-state index in [1.54, 1.807) is 0 Å². The van der Waals surface area contributed by atoms with Gasteiger partial charge in [-0.25, -0.2) is 0 Å². The van der Waals surface area contributed by atoms with E-state index >= 15 is 0 Å². The van der Waals surface area contributed by atoms with E-state index in [9.17, 15) is 0 Å². The van der Waals surface area contributed by atoms with Crippen LogP contribution in [-0.4, -0.2) is 0 Å². The number of rotatable bonds is 3. The SMILES string of the molecule is C1=Cc2cc3c(cc2CC1)oc1ccc(-c2c4ccccc4c(-c4ccccc4)c4ccc(-c5ccccc5)cc24)cc13. The molecule has 0 saturated heterocycles. The summed E-state index contributed by atoms with van der Waals surface area (Å²) >= 11 is 0. The number of fused-ring (bicyclic) bond motifs is 6. The molecule has 1 heteroatoms. The van der Waals surface area contributed by atoms with Crippen LogP contribution in [0.5, 0.6) is 0 Å². The normalized spacial score (nSPS) is 12.8. The molecule has 8 aromatic rings. The number of aryl methyl sites for hydroxylation is 1. The molecule has 0 bridgehead atoms. The molecule has 1 aromatic heterocycles. The van der Waals surface area contributed by atoms with Crippen LogP contribution in [0.3, 0.4) is 0 Å². The topological polar surface area (TPSA) is 13.1 Å². The highest BCUT2D eigenvalue weighted by atomic mass is 16.3. The molecule has 202 valence electrons. The molecule has 0 atom stereocenters. The highest BCUT2D eigenvalue weighted by Gasteiger charge is 2.19. The Morgan fingerprint density at radius 2 is 1.05 bits per heavy atom. The quantitative estimate of drug-likeness (QED) is 0.200. The summed E-state index contributed by atoms with van der Waals surface area (Å²) in [6, 6.07) is 48.7. The van der Waals surface area contributed by atoms with Crippen LogP contribution >= 0.6 is 0 Å². The lowest BCUT2D eigenvalue weighted by molar-refractivity contribution is 0.668. The fraction of sp³-hybridized carbons (Fsp3) is 0.0476. The summed E-state index contributed by atoms with van der Waals surface area (Å²) in [5, 5.41) is 7.38. The number of hydrogen-bond donors (Lipinski definition) is 0. The van der Waals surface area contributed by atoms with E-state index in [1.807, 2.05) is 0 Å². The molecule has 0 aliphatic heterocycles. The molecule has 9 rings (SSSR count). The van der Waals surface area contributed by atoms with Crippen molar-refractivity contribution in [1.29, 1.82) is 0 Å². The Morgan fingerprint density at radius 3 is 1.84 bits per heavy atom. The third-order valence-corrected chi connectivity index (χ3v) is 9.09. The number of allylic oxidation sites excluding steroid dienone is 1. The molecular weight excluding hydrogens is 520 g/mol. The van der Waals surface area contributed by atoms with Crippen molar-refractivity contribution in [3.63, 3.8) is 0 Å². The molecule has 0 N–H and O–H groups in total. The Labute approximate surface area is 250 Å². The van der Waals surface area contributed by atoms with E-state index in [1.165, 1.54) is 71.4 Å². The molecule has 0 saturated carbocycles. The van der Waals surface area contributed by atoms with Crippen LogP contribution in [0.15, 0.2) is 144 Å². The van der Waals surface area contributed by atoms with Gasteiger partial charge in [0.25, 0.3) is 0 Å². The van der Waals surface area contributed by atoms with Gasteiger partial charge in [-0.05, 0) is 109 Å². The maximum Gasteiger partial charge on any atom is 0.135 e. The van der Waals surface area contributed by atoms with Gasteiger partial charge in [0.15, 0.2) is 0 Å². The maximum atomic E-state index is 6.41. The van der Waals surface area contributed by atoms with Crippen LogP contribution < -0.4 is 0 Å². The molecule has 43 heavy (non-hydrogen) atoms. The second-order valence-corrected chi connectivity index (χ2v) is 11.6. The van der Waals surface area contributed by atoms with Crippen molar-refractivity contribution in [2.24, 2.45) is 0 Å². The zero-order valence-corrected chi connectivity index (χ0v) is 23.7. The average Bonchev–Trinajstić information content (AvgIpc) is 3.43. The molecule has 0 amide bonds. The van der Waals surface area contributed by atoms with E-state index in [4.69, 9.17) is 4.42 Å². The van der Waals surface area contributed by atoms with Crippen molar-refractivity contribution in [2.45, 2.75) is 12.8 Å². The van der Waals surface area contributed by atoms with Crippen LogP contribution in [0.1, 0.15) is 17.5 Å². The summed E-state index contributed by atoms with van der Waals surface area (Å²) in [4.78, 5) is 0. The van der Waals surface area contributed by atoms with Gasteiger partial charge in [0.05, 0.1) is 0 Å². The predicted molar refractivity (Wildman–Crippen MR) is 182 cm³/mol. The molecule has 1 aliphatic rings. The summed E-state index contributed by atoms with van der Waals surface area (Å²) < 4.78 is 6.41. The minimum atomic E-state index is 0.935. The van der Waals surface area contributed by atoms with E-state index in [0.717, 1.165) is 29.4 Å². The van der Waals surface area contributed by atoms with Crippen molar-refractivity contribution in [2.75, 3.05) is 0 Å². The summed E-state index contributed by atoms with van der Waals surface area (Å²) in [6.45, 7) is 0. The van der Waals surface area contributed by atoms with Crippen molar-refractivity contribution < 1.29 is 4.42 Å². The maximum absolute atomic E-state index is 6.41. The second kappa shape index (κ2) is 9.58. The van der Waals surface area contributed by atoms with Gasteiger partial charge in [0.2, 0.25) is 0 Å². The second-order valence-electron chi connectivity index (χ2n) is 11.6. The van der Waals surface area contributed by atoms with Gasteiger partial charge < -0.3 is 4.42 Å². The highest BCUT2D eigenvalue weighted by molar-refractivity contribution is 6.22. The predicted octanol–water partition coefficient (Wildman–Crippen LogP) is 11.9. The highest BCUT2D eigenvalue weighted by Crippen LogP contribution is 2.46. The standard InChI is InChI=1S/C42H28O/c1-3-11-27(12-4-1)31-19-21-35-38(24-31)42(34-18-10-9-17-33(34)41(35)28-13-5-2-6-14-28)32-20-22-39-36(25-32)37-23-29-15-7-8-16-30(29)26-40(37)43-39/h1-7,9-15,17-26H,8,16H2. The van der Waals surface area contributed by atoms with Crippen LogP contribution in [-0.2, 0) is 6.42 Å². The zero-order valence-electron chi connectivity index (χ0n) is 23.7.